The van der Waals surface area contributed by atoms with E-state index < -0.39 is 5.60 Å². The van der Waals surface area contributed by atoms with Crippen molar-refractivity contribution in [3.8, 4) is 0 Å². The van der Waals surface area contributed by atoms with Crippen LogP contribution in [0.15, 0.2) is 22.8 Å². The molecule has 2 fully saturated rings. The second-order valence-corrected chi connectivity index (χ2v) is 6.30. The van der Waals surface area contributed by atoms with Crippen molar-refractivity contribution < 1.29 is 14.3 Å². The van der Waals surface area contributed by atoms with Gasteiger partial charge < -0.3 is 14.8 Å². The van der Waals surface area contributed by atoms with Gasteiger partial charge in [0.05, 0.1) is 12.8 Å². The molecule has 0 spiro atoms. The van der Waals surface area contributed by atoms with E-state index in [0.717, 1.165) is 29.6 Å². The fourth-order valence-corrected chi connectivity index (χ4v) is 3.51. The number of halogens is 1. The van der Waals surface area contributed by atoms with Crippen molar-refractivity contribution in [1.82, 2.24) is 10.3 Å². The molecule has 108 valence electrons. The quantitative estimate of drug-likeness (QED) is 0.844. The smallest absolute Gasteiger partial charge is 0.331 e. The zero-order valence-corrected chi connectivity index (χ0v) is 12.9. The maximum atomic E-state index is 11.4. The van der Waals surface area contributed by atoms with E-state index in [2.05, 4.69) is 31.0 Å². The van der Waals surface area contributed by atoms with Gasteiger partial charge in [0.25, 0.3) is 0 Å². The Kier molecular flexibility index (Phi) is 3.79. The largest absolute Gasteiger partial charge is 0.467 e. The van der Waals surface area contributed by atoms with Gasteiger partial charge in [-0.2, -0.15) is 0 Å². The summed E-state index contributed by atoms with van der Waals surface area (Å²) in [6.45, 7) is 0.976. The average Bonchev–Trinajstić information content (AvgIpc) is 3.06. The van der Waals surface area contributed by atoms with Crippen LogP contribution >= 0.6 is 15.9 Å². The molecule has 0 amide bonds. The van der Waals surface area contributed by atoms with E-state index in [1.54, 1.807) is 6.20 Å². The van der Waals surface area contributed by atoms with E-state index in [9.17, 15) is 4.79 Å². The molecule has 2 heterocycles. The Bertz CT molecular complexity index is 508. The van der Waals surface area contributed by atoms with Gasteiger partial charge in [0.15, 0.2) is 0 Å². The molecule has 1 saturated heterocycles. The molecule has 5 nitrogen and oxygen atoms in total. The van der Waals surface area contributed by atoms with Crippen LogP contribution in [0.2, 0.25) is 0 Å². The van der Waals surface area contributed by atoms with Crippen LogP contribution in [0.5, 0.6) is 0 Å². The number of fused-ring (bicyclic) bond motifs is 2. The third-order valence-corrected chi connectivity index (χ3v) is 4.68. The van der Waals surface area contributed by atoms with Crippen molar-refractivity contribution in [1.29, 1.82) is 0 Å². The van der Waals surface area contributed by atoms with Gasteiger partial charge in [-0.1, -0.05) is 0 Å². The molecule has 20 heavy (non-hydrogen) atoms. The number of nitrogens with one attached hydrogen (secondary N) is 1. The second kappa shape index (κ2) is 5.42. The molecule has 3 unspecified atom stereocenters. The van der Waals surface area contributed by atoms with Crippen LogP contribution < -0.4 is 5.32 Å². The van der Waals surface area contributed by atoms with E-state index in [-0.39, 0.29) is 18.6 Å². The van der Waals surface area contributed by atoms with Gasteiger partial charge in [0.2, 0.25) is 0 Å². The number of rotatable bonds is 4. The van der Waals surface area contributed by atoms with E-state index in [1.165, 1.54) is 7.11 Å². The number of nitrogens with zero attached hydrogens (tertiary/aromatic N) is 1. The highest BCUT2D eigenvalue weighted by Crippen LogP contribution is 2.47. The lowest BCUT2D eigenvalue weighted by Gasteiger charge is -2.37. The number of aromatic nitrogens is 1. The molecule has 3 atom stereocenters. The summed E-state index contributed by atoms with van der Waals surface area (Å²) >= 11 is 3.39. The van der Waals surface area contributed by atoms with Crippen molar-refractivity contribution in [2.45, 2.75) is 24.5 Å². The molecular weight excluding hydrogens is 324 g/mol. The molecule has 1 saturated carbocycles. The predicted octanol–water partition coefficient (Wildman–Crippen LogP) is 1.61. The molecule has 3 rings (SSSR count). The SMILES string of the molecule is COC(=O)COC1(c2ccc(Br)cn2)CC2CNC1C2. The van der Waals surface area contributed by atoms with E-state index in [0.29, 0.717) is 5.92 Å². The Balaban J connectivity index is 1.88. The Hall–Kier alpha value is -0.980. The van der Waals surface area contributed by atoms with Gasteiger partial charge in [-0.3, -0.25) is 4.98 Å². The number of pyridine rings is 1. The zero-order chi connectivity index (χ0) is 14.2. The Morgan fingerprint density at radius 1 is 1.60 bits per heavy atom. The first-order valence-corrected chi connectivity index (χ1v) is 7.49. The van der Waals surface area contributed by atoms with Crippen LogP contribution in [-0.2, 0) is 19.9 Å². The first kappa shape index (κ1) is 14.0. The van der Waals surface area contributed by atoms with Gasteiger partial charge in [0.1, 0.15) is 12.2 Å². The van der Waals surface area contributed by atoms with E-state index in [1.807, 2.05) is 12.1 Å². The van der Waals surface area contributed by atoms with Crippen LogP contribution in [0.25, 0.3) is 0 Å². The van der Waals surface area contributed by atoms with E-state index >= 15 is 0 Å². The fourth-order valence-electron chi connectivity index (χ4n) is 3.28. The van der Waals surface area contributed by atoms with E-state index in [4.69, 9.17) is 4.74 Å². The highest BCUT2D eigenvalue weighted by Gasteiger charge is 2.54. The number of carbonyl (C=O) groups is 1. The Morgan fingerprint density at radius 3 is 3.00 bits per heavy atom. The number of methoxy groups -OCH3 is 1. The van der Waals surface area contributed by atoms with Gasteiger partial charge >= 0.3 is 5.97 Å². The lowest BCUT2D eigenvalue weighted by Crippen LogP contribution is -2.49. The fraction of sp³-hybridized carbons (Fsp3) is 0.571. The van der Waals surface area contributed by atoms with Crippen molar-refractivity contribution in [3.63, 3.8) is 0 Å². The van der Waals surface area contributed by atoms with Crippen LogP contribution in [0, 0.1) is 5.92 Å². The molecule has 1 aliphatic heterocycles. The van der Waals surface area contributed by atoms with Crippen LogP contribution in [-0.4, -0.2) is 37.3 Å². The number of hydrogen-bond acceptors (Lipinski definition) is 5. The molecule has 1 aliphatic carbocycles. The predicted molar refractivity (Wildman–Crippen MR) is 76.1 cm³/mol. The number of hydrogen-bond donors (Lipinski definition) is 1. The minimum Gasteiger partial charge on any atom is -0.467 e. The summed E-state index contributed by atoms with van der Waals surface area (Å²) in [6.07, 6.45) is 3.74. The standard InChI is InChI=1S/C14H17BrN2O3/c1-19-13(18)8-20-14(5-9-4-12(14)16-6-9)11-3-2-10(15)7-17-11/h2-3,7,9,12,16H,4-6,8H2,1H3. The summed E-state index contributed by atoms with van der Waals surface area (Å²) in [5, 5.41) is 3.47. The number of esters is 1. The third kappa shape index (κ3) is 2.36. The van der Waals surface area contributed by atoms with Crippen molar-refractivity contribution >= 4 is 21.9 Å². The number of ether oxygens (including phenoxy) is 2. The maximum absolute atomic E-state index is 11.4. The highest BCUT2D eigenvalue weighted by molar-refractivity contribution is 9.10. The Morgan fingerprint density at radius 2 is 2.45 bits per heavy atom. The minimum absolute atomic E-state index is 0.0425. The number of piperidine rings is 1. The highest BCUT2D eigenvalue weighted by atomic mass is 79.9. The lowest BCUT2D eigenvalue weighted by atomic mass is 9.89. The molecule has 6 heteroatoms. The topological polar surface area (TPSA) is 60.5 Å². The molecule has 1 N–H and O–H groups in total. The van der Waals surface area contributed by atoms with Crippen LogP contribution in [0.3, 0.4) is 0 Å². The normalized spacial score (nSPS) is 31.5. The summed E-state index contributed by atoms with van der Waals surface area (Å²) in [5.74, 6) is 0.229. The van der Waals surface area contributed by atoms with Crippen LogP contribution in [0.4, 0.5) is 0 Å². The third-order valence-electron chi connectivity index (χ3n) is 4.21. The minimum atomic E-state index is -0.516. The van der Waals surface area contributed by atoms with Crippen LogP contribution in [0.1, 0.15) is 18.5 Å². The summed E-state index contributed by atoms with van der Waals surface area (Å²) in [6, 6.07) is 4.13. The Labute approximate surface area is 126 Å². The van der Waals surface area contributed by atoms with Gasteiger partial charge in [-0.15, -0.1) is 0 Å². The summed E-state index contributed by atoms with van der Waals surface area (Å²) < 4.78 is 11.6. The molecule has 1 aromatic heterocycles. The first-order chi connectivity index (χ1) is 9.64. The average molecular weight is 341 g/mol. The van der Waals surface area contributed by atoms with Gasteiger partial charge in [-0.05, 0) is 53.4 Å². The van der Waals surface area contributed by atoms with Gasteiger partial charge in [-0.25, -0.2) is 4.79 Å². The molecule has 0 radical (unpaired) electrons. The van der Waals surface area contributed by atoms with Crippen molar-refractivity contribution in [2.75, 3.05) is 20.3 Å². The first-order valence-electron chi connectivity index (χ1n) is 6.70. The maximum Gasteiger partial charge on any atom is 0.331 e. The second-order valence-electron chi connectivity index (χ2n) is 5.38. The summed E-state index contributed by atoms with van der Waals surface area (Å²) in [5.41, 5.74) is 0.363. The molecule has 2 bridgehead atoms. The number of carbonyl (C=O) groups excluding carboxylic acids is 1. The van der Waals surface area contributed by atoms with Crippen molar-refractivity contribution in [3.05, 3.63) is 28.5 Å². The molecular formula is C14H17BrN2O3. The summed E-state index contributed by atoms with van der Waals surface area (Å²) in [7, 11) is 1.37. The molecule has 2 aliphatic rings. The van der Waals surface area contributed by atoms with Gasteiger partial charge in [0, 0.05) is 16.7 Å². The summed E-state index contributed by atoms with van der Waals surface area (Å²) in [4.78, 5) is 15.9. The monoisotopic (exact) mass is 340 g/mol. The molecule has 1 aromatic rings. The molecule has 0 aromatic carbocycles. The van der Waals surface area contributed by atoms with Crippen molar-refractivity contribution in [2.24, 2.45) is 5.92 Å². The lowest BCUT2D eigenvalue weighted by molar-refractivity contribution is -0.157. The zero-order valence-electron chi connectivity index (χ0n) is 11.3.